The quantitative estimate of drug-likeness (QED) is 0.847. The molecule has 20 heavy (non-hydrogen) atoms. The molecule has 2 aromatic carbocycles. The van der Waals surface area contributed by atoms with E-state index in [-0.39, 0.29) is 18.5 Å². The number of benzene rings is 2. The Morgan fingerprint density at radius 2 is 1.90 bits per heavy atom. The van der Waals surface area contributed by atoms with Crippen LogP contribution < -0.4 is 5.32 Å². The number of nitrogens with one attached hydrogen (secondary N) is 1. The fraction of sp³-hybridized carbons (Fsp3) is 0.250. The van der Waals surface area contributed by atoms with Crippen LogP contribution in [-0.4, -0.2) is 17.8 Å². The fourth-order valence-electron chi connectivity index (χ4n) is 2.03. The number of aliphatic hydroxyl groups is 1. The maximum absolute atomic E-state index is 13.6. The minimum atomic E-state index is -0.239. The molecule has 0 aliphatic rings. The summed E-state index contributed by atoms with van der Waals surface area (Å²) < 4.78 is 14.5. The molecule has 2 aromatic rings. The van der Waals surface area contributed by atoms with Crippen LogP contribution in [0.2, 0.25) is 0 Å². The summed E-state index contributed by atoms with van der Waals surface area (Å²) in [7, 11) is 0. The molecule has 0 unspecified atom stereocenters. The first-order valence-electron chi connectivity index (χ1n) is 6.51. The summed E-state index contributed by atoms with van der Waals surface area (Å²) in [6.45, 7) is 0.411. The molecule has 2 N–H and O–H groups in total. The number of halogens is 2. The molecule has 0 aromatic heterocycles. The Morgan fingerprint density at radius 1 is 1.15 bits per heavy atom. The predicted octanol–water partition coefficient (Wildman–Crippen LogP) is 3.28. The predicted molar refractivity (Wildman–Crippen MR) is 82.0 cm³/mol. The van der Waals surface area contributed by atoms with Gasteiger partial charge < -0.3 is 10.4 Å². The molecule has 106 valence electrons. The van der Waals surface area contributed by atoms with Gasteiger partial charge in [-0.1, -0.05) is 46.3 Å². The molecule has 2 rings (SSSR count). The second kappa shape index (κ2) is 7.53. The molecule has 0 radical (unpaired) electrons. The topological polar surface area (TPSA) is 32.3 Å². The van der Waals surface area contributed by atoms with Gasteiger partial charge in [-0.2, -0.15) is 0 Å². The summed E-state index contributed by atoms with van der Waals surface area (Å²) in [4.78, 5) is 0. The van der Waals surface area contributed by atoms with Gasteiger partial charge in [0, 0.05) is 22.6 Å². The van der Waals surface area contributed by atoms with Crippen molar-refractivity contribution < 1.29 is 9.50 Å². The zero-order chi connectivity index (χ0) is 14.4. The molecule has 0 amide bonds. The molecule has 0 heterocycles. The van der Waals surface area contributed by atoms with E-state index in [2.05, 4.69) is 21.2 Å². The SMILES string of the molecule is OC[C@H](Cc1ccccc1)NCc1cc(Br)ccc1F. The highest BCUT2D eigenvalue weighted by atomic mass is 79.9. The summed E-state index contributed by atoms with van der Waals surface area (Å²) >= 11 is 3.33. The van der Waals surface area contributed by atoms with Crippen molar-refractivity contribution in [3.8, 4) is 0 Å². The van der Waals surface area contributed by atoms with Gasteiger partial charge in [0.15, 0.2) is 0 Å². The Bertz CT molecular complexity index is 547. The molecule has 2 nitrogen and oxygen atoms in total. The molecular formula is C16H17BrFNO. The van der Waals surface area contributed by atoms with Gasteiger partial charge in [-0.15, -0.1) is 0 Å². The van der Waals surface area contributed by atoms with Crippen molar-refractivity contribution in [1.82, 2.24) is 5.32 Å². The molecule has 0 spiro atoms. The van der Waals surface area contributed by atoms with Crippen molar-refractivity contribution in [2.24, 2.45) is 0 Å². The first-order chi connectivity index (χ1) is 9.69. The van der Waals surface area contributed by atoms with Gasteiger partial charge in [-0.3, -0.25) is 0 Å². The monoisotopic (exact) mass is 337 g/mol. The van der Waals surface area contributed by atoms with E-state index in [0.29, 0.717) is 18.5 Å². The average molecular weight is 338 g/mol. The maximum atomic E-state index is 13.6. The van der Waals surface area contributed by atoms with Crippen molar-refractivity contribution in [1.29, 1.82) is 0 Å². The van der Waals surface area contributed by atoms with Crippen LogP contribution in [0.1, 0.15) is 11.1 Å². The Kier molecular flexibility index (Phi) is 5.71. The van der Waals surface area contributed by atoms with E-state index in [1.165, 1.54) is 6.07 Å². The third kappa shape index (κ3) is 4.40. The van der Waals surface area contributed by atoms with Crippen LogP contribution in [0.4, 0.5) is 4.39 Å². The van der Waals surface area contributed by atoms with E-state index >= 15 is 0 Å². The molecule has 0 aliphatic carbocycles. The Labute approximate surface area is 126 Å². The molecule has 0 saturated carbocycles. The van der Waals surface area contributed by atoms with Crippen LogP contribution in [-0.2, 0) is 13.0 Å². The van der Waals surface area contributed by atoms with Crippen LogP contribution in [0.15, 0.2) is 53.0 Å². The average Bonchev–Trinajstić information content (AvgIpc) is 2.47. The van der Waals surface area contributed by atoms with Crippen molar-refractivity contribution in [3.05, 3.63) is 69.9 Å². The molecule has 0 aliphatic heterocycles. The van der Waals surface area contributed by atoms with E-state index in [0.717, 1.165) is 10.0 Å². The summed E-state index contributed by atoms with van der Waals surface area (Å²) in [6.07, 6.45) is 0.715. The van der Waals surface area contributed by atoms with Gasteiger partial charge in [0.05, 0.1) is 6.61 Å². The molecule has 1 atom stereocenters. The lowest BCUT2D eigenvalue weighted by atomic mass is 10.1. The number of hydrogen-bond donors (Lipinski definition) is 2. The third-order valence-corrected chi connectivity index (χ3v) is 3.63. The summed E-state index contributed by atoms with van der Waals surface area (Å²) in [5, 5.41) is 12.6. The van der Waals surface area contributed by atoms with Crippen molar-refractivity contribution >= 4 is 15.9 Å². The molecule has 0 fully saturated rings. The third-order valence-electron chi connectivity index (χ3n) is 3.13. The van der Waals surface area contributed by atoms with Crippen LogP contribution in [0.3, 0.4) is 0 Å². The maximum Gasteiger partial charge on any atom is 0.127 e. The minimum absolute atomic E-state index is 0.0184. The van der Waals surface area contributed by atoms with E-state index in [1.807, 2.05) is 30.3 Å². The Morgan fingerprint density at radius 3 is 2.60 bits per heavy atom. The fourth-order valence-corrected chi connectivity index (χ4v) is 2.44. The number of rotatable bonds is 6. The molecule has 0 saturated heterocycles. The zero-order valence-corrected chi connectivity index (χ0v) is 12.6. The molecular weight excluding hydrogens is 321 g/mol. The van der Waals surface area contributed by atoms with E-state index in [4.69, 9.17) is 0 Å². The lowest BCUT2D eigenvalue weighted by molar-refractivity contribution is 0.240. The zero-order valence-electron chi connectivity index (χ0n) is 11.0. The van der Waals surface area contributed by atoms with Crippen LogP contribution in [0.5, 0.6) is 0 Å². The van der Waals surface area contributed by atoms with Gasteiger partial charge in [-0.25, -0.2) is 4.39 Å². The molecule has 4 heteroatoms. The Hall–Kier alpha value is -1.23. The van der Waals surface area contributed by atoms with Gasteiger partial charge in [0.25, 0.3) is 0 Å². The summed E-state index contributed by atoms with van der Waals surface area (Å²) in [6, 6.07) is 14.7. The van der Waals surface area contributed by atoms with Crippen LogP contribution in [0, 0.1) is 5.82 Å². The first kappa shape index (κ1) is 15.2. The van der Waals surface area contributed by atoms with E-state index in [1.54, 1.807) is 12.1 Å². The highest BCUT2D eigenvalue weighted by Gasteiger charge is 2.10. The number of aliphatic hydroxyl groups excluding tert-OH is 1. The second-order valence-corrected chi connectivity index (χ2v) is 5.60. The largest absolute Gasteiger partial charge is 0.395 e. The molecule has 0 bridgehead atoms. The Balaban J connectivity index is 1.95. The highest BCUT2D eigenvalue weighted by molar-refractivity contribution is 9.10. The van der Waals surface area contributed by atoms with Gasteiger partial charge in [-0.05, 0) is 30.2 Å². The normalized spacial score (nSPS) is 12.3. The van der Waals surface area contributed by atoms with Crippen LogP contribution >= 0.6 is 15.9 Å². The van der Waals surface area contributed by atoms with Gasteiger partial charge in [0.2, 0.25) is 0 Å². The second-order valence-electron chi connectivity index (χ2n) is 4.69. The lowest BCUT2D eigenvalue weighted by Crippen LogP contribution is -2.34. The minimum Gasteiger partial charge on any atom is -0.395 e. The smallest absolute Gasteiger partial charge is 0.127 e. The summed E-state index contributed by atoms with van der Waals surface area (Å²) in [5.41, 5.74) is 1.74. The van der Waals surface area contributed by atoms with Gasteiger partial charge in [0.1, 0.15) is 5.82 Å². The van der Waals surface area contributed by atoms with E-state index < -0.39 is 0 Å². The van der Waals surface area contributed by atoms with Crippen LogP contribution in [0.25, 0.3) is 0 Å². The number of hydrogen-bond acceptors (Lipinski definition) is 2. The highest BCUT2D eigenvalue weighted by Crippen LogP contribution is 2.15. The van der Waals surface area contributed by atoms with Crippen molar-refractivity contribution in [3.63, 3.8) is 0 Å². The van der Waals surface area contributed by atoms with Crippen molar-refractivity contribution in [2.75, 3.05) is 6.61 Å². The lowest BCUT2D eigenvalue weighted by Gasteiger charge is -2.17. The van der Waals surface area contributed by atoms with Crippen molar-refractivity contribution in [2.45, 2.75) is 19.0 Å². The van der Waals surface area contributed by atoms with E-state index in [9.17, 15) is 9.50 Å². The summed E-state index contributed by atoms with van der Waals surface area (Å²) in [5.74, 6) is -0.239. The standard InChI is InChI=1S/C16H17BrFNO/c17-14-6-7-16(18)13(9-14)10-19-15(11-20)8-12-4-2-1-3-5-12/h1-7,9,15,19-20H,8,10-11H2/t15-/m0/s1. The van der Waals surface area contributed by atoms with Gasteiger partial charge >= 0.3 is 0 Å². The first-order valence-corrected chi connectivity index (χ1v) is 7.30.